The second-order valence-electron chi connectivity index (χ2n) is 6.09. The van der Waals surface area contributed by atoms with Gasteiger partial charge < -0.3 is 5.32 Å². The van der Waals surface area contributed by atoms with Gasteiger partial charge in [-0.15, -0.1) is 12.4 Å². The normalized spacial score (nSPS) is 17.5. The van der Waals surface area contributed by atoms with Crippen molar-refractivity contribution in [2.45, 2.75) is 36.9 Å². The molecular weight excluding hydrogens is 391 g/mol. The summed E-state index contributed by atoms with van der Waals surface area (Å²) in [5, 5.41) is 2.99. The van der Waals surface area contributed by atoms with Crippen LogP contribution in [0.1, 0.15) is 18.9 Å². The zero-order valence-corrected chi connectivity index (χ0v) is 16.2. The van der Waals surface area contributed by atoms with E-state index in [4.69, 9.17) is 0 Å². The van der Waals surface area contributed by atoms with Crippen LogP contribution in [0.5, 0.6) is 0 Å². The minimum absolute atomic E-state index is 0. The van der Waals surface area contributed by atoms with E-state index in [1.165, 1.54) is 17.0 Å². The quantitative estimate of drug-likeness (QED) is 0.716. The van der Waals surface area contributed by atoms with Crippen molar-refractivity contribution < 1.29 is 21.6 Å². The highest BCUT2D eigenvalue weighted by molar-refractivity contribution is 7.89. The van der Waals surface area contributed by atoms with E-state index in [-0.39, 0.29) is 30.4 Å². The molecule has 1 aliphatic heterocycles. The van der Waals surface area contributed by atoms with Crippen molar-refractivity contribution in [1.29, 1.82) is 0 Å². The second kappa shape index (κ2) is 9.89. The lowest BCUT2D eigenvalue weighted by Gasteiger charge is -2.35. The minimum Gasteiger partial charge on any atom is -0.314 e. The number of piperazine rings is 1. The van der Waals surface area contributed by atoms with E-state index in [2.05, 4.69) is 10.0 Å². The molecule has 1 fully saturated rings. The minimum atomic E-state index is -4.50. The third kappa shape index (κ3) is 6.38. The number of benzene rings is 1. The lowest BCUT2D eigenvalue weighted by atomic mass is 10.1. The molecule has 1 aliphatic rings. The molecule has 0 spiro atoms. The summed E-state index contributed by atoms with van der Waals surface area (Å²) in [6.45, 7) is 2.70. The van der Waals surface area contributed by atoms with E-state index in [9.17, 15) is 21.6 Å². The summed E-state index contributed by atoms with van der Waals surface area (Å²) in [7, 11) is -3.98. The maximum absolute atomic E-state index is 13.3. The van der Waals surface area contributed by atoms with Crippen molar-refractivity contribution in [3.05, 3.63) is 29.8 Å². The number of nitrogens with zero attached hydrogens (tertiary/aromatic N) is 1. The Labute approximate surface area is 158 Å². The Hall–Kier alpha value is -0.870. The number of nitrogens with one attached hydrogen (secondary N) is 2. The molecular formula is C16H25ClF3N3O2S. The van der Waals surface area contributed by atoms with Crippen molar-refractivity contribution in [3.63, 3.8) is 0 Å². The predicted molar refractivity (Wildman–Crippen MR) is 97.2 cm³/mol. The van der Waals surface area contributed by atoms with E-state index >= 15 is 0 Å². The van der Waals surface area contributed by atoms with Crippen molar-refractivity contribution in [3.8, 4) is 0 Å². The van der Waals surface area contributed by atoms with Crippen molar-refractivity contribution >= 4 is 22.4 Å². The fourth-order valence-electron chi connectivity index (χ4n) is 2.84. The van der Waals surface area contributed by atoms with E-state index in [1.54, 1.807) is 12.1 Å². The third-order valence-electron chi connectivity index (χ3n) is 4.21. The molecule has 1 unspecified atom stereocenters. The Morgan fingerprint density at radius 2 is 1.77 bits per heavy atom. The maximum Gasteiger partial charge on any atom is 0.405 e. The molecule has 1 aromatic carbocycles. The van der Waals surface area contributed by atoms with Crippen LogP contribution >= 0.6 is 12.4 Å². The molecule has 26 heavy (non-hydrogen) atoms. The van der Waals surface area contributed by atoms with Gasteiger partial charge in [0.25, 0.3) is 0 Å². The van der Waals surface area contributed by atoms with Crippen LogP contribution in [0.3, 0.4) is 0 Å². The van der Waals surface area contributed by atoms with Gasteiger partial charge >= 0.3 is 6.18 Å². The van der Waals surface area contributed by atoms with Gasteiger partial charge in [0.2, 0.25) is 10.0 Å². The van der Waals surface area contributed by atoms with Crippen LogP contribution < -0.4 is 10.0 Å². The van der Waals surface area contributed by atoms with Crippen molar-refractivity contribution in [2.75, 3.05) is 32.7 Å². The molecule has 0 aromatic heterocycles. The summed E-state index contributed by atoms with van der Waals surface area (Å²) in [4.78, 5) is 1.25. The topological polar surface area (TPSA) is 61.4 Å². The summed E-state index contributed by atoms with van der Waals surface area (Å²) in [5.41, 5.74) is 0.996. The smallest absolute Gasteiger partial charge is 0.314 e. The maximum atomic E-state index is 13.3. The second-order valence-corrected chi connectivity index (χ2v) is 7.86. The Morgan fingerprint density at radius 1 is 1.19 bits per heavy atom. The highest BCUT2D eigenvalue weighted by atomic mass is 35.5. The van der Waals surface area contributed by atoms with Gasteiger partial charge in [-0.05, 0) is 24.1 Å². The molecule has 0 saturated carbocycles. The monoisotopic (exact) mass is 415 g/mol. The number of alkyl halides is 3. The van der Waals surface area contributed by atoms with Gasteiger partial charge in [-0.2, -0.15) is 13.2 Å². The molecule has 2 rings (SSSR count). The summed E-state index contributed by atoms with van der Waals surface area (Å²) in [6, 6.07) is 4.41. The number of halogens is 4. The Morgan fingerprint density at radius 3 is 2.27 bits per heavy atom. The highest BCUT2D eigenvalue weighted by Crippen LogP contribution is 2.25. The molecule has 1 saturated heterocycles. The van der Waals surface area contributed by atoms with Crippen LogP contribution in [-0.2, 0) is 16.4 Å². The average Bonchev–Trinajstić information content (AvgIpc) is 2.55. The molecule has 150 valence electrons. The Bertz CT molecular complexity index is 648. The van der Waals surface area contributed by atoms with Crippen LogP contribution in [0, 0.1) is 0 Å². The summed E-state index contributed by atoms with van der Waals surface area (Å²) in [6.07, 6.45) is -2.74. The van der Waals surface area contributed by atoms with Crippen LogP contribution in [0.25, 0.3) is 0 Å². The molecule has 0 amide bonds. The zero-order chi connectivity index (χ0) is 18.5. The fourth-order valence-corrected chi connectivity index (χ4v) is 3.88. The summed E-state index contributed by atoms with van der Waals surface area (Å²) >= 11 is 0. The highest BCUT2D eigenvalue weighted by Gasteiger charge is 2.44. The number of rotatable bonds is 7. The largest absolute Gasteiger partial charge is 0.405 e. The van der Waals surface area contributed by atoms with Gasteiger partial charge in [-0.3, -0.25) is 4.90 Å². The number of sulfonamides is 1. The molecule has 5 nitrogen and oxygen atoms in total. The first-order chi connectivity index (χ1) is 11.7. The van der Waals surface area contributed by atoms with E-state index in [1.807, 2.05) is 6.92 Å². The van der Waals surface area contributed by atoms with Crippen molar-refractivity contribution in [1.82, 2.24) is 14.9 Å². The average molecular weight is 416 g/mol. The Balaban J connectivity index is 0.00000338. The standard InChI is InChI=1S/C16H24F3N3O2S.ClH/c1-2-3-13-4-6-14(7-5-13)25(23,24)21-12-15(16(17,18)19)22-10-8-20-9-11-22;/h4-7,15,20-21H,2-3,8-12H2,1H3;1H. The predicted octanol–water partition coefficient (Wildman–Crippen LogP) is 2.18. The number of hydrogen-bond acceptors (Lipinski definition) is 4. The van der Waals surface area contributed by atoms with Crippen molar-refractivity contribution in [2.24, 2.45) is 0 Å². The van der Waals surface area contributed by atoms with Gasteiger partial charge in [0.05, 0.1) is 4.90 Å². The molecule has 1 heterocycles. The van der Waals surface area contributed by atoms with Gasteiger partial charge in [-0.25, -0.2) is 13.1 Å². The van der Waals surface area contributed by atoms with E-state index < -0.39 is 28.8 Å². The molecule has 1 aromatic rings. The zero-order valence-electron chi connectivity index (χ0n) is 14.6. The van der Waals surface area contributed by atoms with Crippen LogP contribution in [0.2, 0.25) is 0 Å². The molecule has 10 heteroatoms. The van der Waals surface area contributed by atoms with Crippen LogP contribution in [-0.4, -0.2) is 58.3 Å². The van der Waals surface area contributed by atoms with Gasteiger partial charge in [0, 0.05) is 32.7 Å². The van der Waals surface area contributed by atoms with Gasteiger partial charge in [-0.1, -0.05) is 25.5 Å². The lowest BCUT2D eigenvalue weighted by molar-refractivity contribution is -0.182. The van der Waals surface area contributed by atoms with E-state index in [0.717, 1.165) is 18.4 Å². The Kier molecular flexibility index (Phi) is 8.81. The van der Waals surface area contributed by atoms with Crippen LogP contribution in [0.15, 0.2) is 29.2 Å². The molecule has 0 bridgehead atoms. The van der Waals surface area contributed by atoms with Gasteiger partial charge in [0.1, 0.15) is 6.04 Å². The van der Waals surface area contributed by atoms with E-state index in [0.29, 0.717) is 13.1 Å². The molecule has 1 atom stereocenters. The number of aryl methyl sites for hydroxylation is 1. The van der Waals surface area contributed by atoms with Crippen LogP contribution in [0.4, 0.5) is 13.2 Å². The fraction of sp³-hybridized carbons (Fsp3) is 0.625. The third-order valence-corrected chi connectivity index (χ3v) is 5.65. The molecule has 0 radical (unpaired) electrons. The number of hydrogen-bond donors (Lipinski definition) is 2. The summed E-state index contributed by atoms with van der Waals surface area (Å²) in [5.74, 6) is 0. The first-order valence-corrected chi connectivity index (χ1v) is 9.82. The first-order valence-electron chi connectivity index (χ1n) is 8.34. The summed E-state index contributed by atoms with van der Waals surface area (Å²) < 4.78 is 66.7. The lowest BCUT2D eigenvalue weighted by Crippen LogP contribution is -2.57. The molecule has 0 aliphatic carbocycles. The molecule has 2 N–H and O–H groups in total. The first kappa shape index (κ1) is 23.2. The van der Waals surface area contributed by atoms with Gasteiger partial charge in [0.15, 0.2) is 0 Å². The SMILES string of the molecule is CCCc1ccc(S(=O)(=O)NCC(N2CCNCC2)C(F)(F)F)cc1.Cl.